The molecule has 5 nitrogen and oxygen atoms in total. The molecule has 2 aromatic heterocycles. The molecule has 3 rings (SSSR count). The number of aromatic nitrogens is 3. The first-order valence-electron chi connectivity index (χ1n) is 7.99. The molecular weight excluding hydrogens is 330 g/mol. The van der Waals surface area contributed by atoms with E-state index in [4.69, 9.17) is 11.6 Å². The van der Waals surface area contributed by atoms with Crippen molar-refractivity contribution in [2.45, 2.75) is 26.4 Å². The van der Waals surface area contributed by atoms with E-state index in [2.05, 4.69) is 33.7 Å². The van der Waals surface area contributed by atoms with E-state index >= 15 is 0 Å². The minimum Gasteiger partial charge on any atom is -0.321 e. The lowest BCUT2D eigenvalue weighted by molar-refractivity contribution is 0.253. The summed E-state index contributed by atoms with van der Waals surface area (Å²) in [5, 5.41) is 0.704. The Kier molecular flexibility index (Phi) is 5.36. The Balaban J connectivity index is 1.48. The minimum absolute atomic E-state index is 0.704. The molecule has 1 aliphatic rings. The molecular formula is C16H24ClN5S. The van der Waals surface area contributed by atoms with Gasteiger partial charge in [-0.05, 0) is 32.9 Å². The Morgan fingerprint density at radius 3 is 2.91 bits per heavy atom. The lowest BCUT2D eigenvalue weighted by Crippen LogP contribution is -2.28. The van der Waals surface area contributed by atoms with E-state index in [1.807, 2.05) is 17.1 Å². The molecule has 0 aliphatic carbocycles. The molecule has 2 aromatic rings. The zero-order chi connectivity index (χ0) is 16.4. The fraction of sp³-hybridized carbons (Fsp3) is 0.625. The van der Waals surface area contributed by atoms with Crippen molar-refractivity contribution in [2.24, 2.45) is 13.0 Å². The summed E-state index contributed by atoms with van der Waals surface area (Å²) in [6, 6.07) is 0. The topological polar surface area (TPSA) is 37.2 Å². The predicted molar refractivity (Wildman–Crippen MR) is 94.8 cm³/mol. The molecule has 126 valence electrons. The normalized spacial score (nSPS) is 19.1. The Bertz CT molecular complexity index is 653. The molecule has 7 heteroatoms. The van der Waals surface area contributed by atoms with Crippen molar-refractivity contribution in [3.05, 3.63) is 33.3 Å². The van der Waals surface area contributed by atoms with Crippen LogP contribution < -0.4 is 0 Å². The van der Waals surface area contributed by atoms with Crippen LogP contribution in [0.3, 0.4) is 0 Å². The first-order chi connectivity index (χ1) is 11.0. The van der Waals surface area contributed by atoms with Crippen LogP contribution in [0.5, 0.6) is 0 Å². The maximum absolute atomic E-state index is 6.06. The highest BCUT2D eigenvalue weighted by Crippen LogP contribution is 2.21. The van der Waals surface area contributed by atoms with E-state index in [0.717, 1.165) is 44.5 Å². The van der Waals surface area contributed by atoms with Crippen molar-refractivity contribution >= 4 is 22.9 Å². The van der Waals surface area contributed by atoms with Gasteiger partial charge >= 0.3 is 0 Å². The highest BCUT2D eigenvalue weighted by Gasteiger charge is 2.25. The molecule has 0 bridgehead atoms. The van der Waals surface area contributed by atoms with Crippen molar-refractivity contribution in [1.82, 2.24) is 24.3 Å². The van der Waals surface area contributed by atoms with Crippen molar-refractivity contribution in [2.75, 3.05) is 26.7 Å². The summed E-state index contributed by atoms with van der Waals surface area (Å²) in [4.78, 5) is 15.0. The van der Waals surface area contributed by atoms with Gasteiger partial charge in [0.25, 0.3) is 0 Å². The quantitative estimate of drug-likeness (QED) is 0.800. The monoisotopic (exact) mass is 353 g/mol. The molecule has 23 heavy (non-hydrogen) atoms. The maximum atomic E-state index is 6.06. The zero-order valence-corrected chi connectivity index (χ0v) is 15.6. The van der Waals surface area contributed by atoms with E-state index in [1.165, 1.54) is 17.0 Å². The summed E-state index contributed by atoms with van der Waals surface area (Å²) < 4.78 is 1.97. The summed E-state index contributed by atoms with van der Waals surface area (Å²) in [7, 11) is 4.18. The molecule has 0 saturated carbocycles. The second-order valence-electron chi connectivity index (χ2n) is 6.50. The lowest BCUT2D eigenvalue weighted by Gasteiger charge is -2.21. The van der Waals surface area contributed by atoms with Crippen LogP contribution in [-0.2, 0) is 20.1 Å². The highest BCUT2D eigenvalue weighted by atomic mass is 35.5. The Labute approximate surface area is 146 Å². The van der Waals surface area contributed by atoms with Crippen LogP contribution in [0.25, 0.3) is 0 Å². The van der Waals surface area contributed by atoms with Gasteiger partial charge in [0.2, 0.25) is 0 Å². The molecule has 1 unspecified atom stereocenters. The summed E-state index contributed by atoms with van der Waals surface area (Å²) in [6.45, 7) is 7.39. The first-order valence-corrected chi connectivity index (χ1v) is 9.24. The van der Waals surface area contributed by atoms with Gasteiger partial charge in [-0.1, -0.05) is 11.6 Å². The van der Waals surface area contributed by atoms with Gasteiger partial charge < -0.3 is 9.47 Å². The Hall–Kier alpha value is -0.950. The number of aryl methyl sites for hydroxylation is 1. The van der Waals surface area contributed by atoms with Crippen LogP contribution >= 0.6 is 22.9 Å². The van der Waals surface area contributed by atoms with Crippen molar-refractivity contribution < 1.29 is 0 Å². The number of imidazole rings is 1. The highest BCUT2D eigenvalue weighted by molar-refractivity contribution is 7.09. The fourth-order valence-corrected chi connectivity index (χ4v) is 4.21. The molecule has 0 amide bonds. The number of rotatable bonds is 6. The average molecular weight is 354 g/mol. The summed E-state index contributed by atoms with van der Waals surface area (Å²) >= 11 is 7.82. The summed E-state index contributed by atoms with van der Waals surface area (Å²) in [6.07, 6.45) is 2.99. The third-order valence-electron chi connectivity index (χ3n) is 4.59. The molecule has 1 aliphatic heterocycles. The molecule has 0 radical (unpaired) electrons. The Morgan fingerprint density at radius 2 is 2.26 bits per heavy atom. The van der Waals surface area contributed by atoms with E-state index in [-0.39, 0.29) is 0 Å². The molecule has 1 saturated heterocycles. The van der Waals surface area contributed by atoms with E-state index < -0.39 is 0 Å². The van der Waals surface area contributed by atoms with Crippen molar-refractivity contribution in [3.63, 3.8) is 0 Å². The van der Waals surface area contributed by atoms with Gasteiger partial charge in [-0.3, -0.25) is 4.90 Å². The number of hydrogen-bond donors (Lipinski definition) is 0. The van der Waals surface area contributed by atoms with Crippen molar-refractivity contribution in [1.29, 1.82) is 0 Å². The van der Waals surface area contributed by atoms with Crippen LogP contribution in [0, 0.1) is 12.8 Å². The van der Waals surface area contributed by atoms with Crippen LogP contribution in [0.2, 0.25) is 5.15 Å². The van der Waals surface area contributed by atoms with Gasteiger partial charge in [-0.25, -0.2) is 9.97 Å². The van der Waals surface area contributed by atoms with Crippen LogP contribution in [-0.4, -0.2) is 51.0 Å². The molecule has 1 atom stereocenters. The molecule has 0 N–H and O–H groups in total. The number of hydrogen-bond acceptors (Lipinski definition) is 5. The zero-order valence-electron chi connectivity index (χ0n) is 14.0. The molecule has 1 fully saturated rings. The van der Waals surface area contributed by atoms with Crippen LogP contribution in [0.15, 0.2) is 11.7 Å². The Morgan fingerprint density at radius 1 is 1.43 bits per heavy atom. The number of likely N-dealkylation sites (tertiary alicyclic amines) is 1. The predicted octanol–water partition coefficient (Wildman–Crippen LogP) is 2.79. The van der Waals surface area contributed by atoms with E-state index in [9.17, 15) is 0 Å². The smallest absolute Gasteiger partial charge is 0.128 e. The number of nitrogens with zero attached hydrogens (tertiary/aromatic N) is 5. The lowest BCUT2D eigenvalue weighted by atomic mass is 10.1. The summed E-state index contributed by atoms with van der Waals surface area (Å²) in [5.74, 6) is 1.77. The van der Waals surface area contributed by atoms with E-state index in [0.29, 0.717) is 5.15 Å². The third kappa shape index (κ3) is 4.12. The van der Waals surface area contributed by atoms with Gasteiger partial charge in [-0.2, -0.15) is 0 Å². The summed E-state index contributed by atoms with van der Waals surface area (Å²) in [5.41, 5.74) is 3.11. The van der Waals surface area contributed by atoms with Gasteiger partial charge in [0.1, 0.15) is 11.0 Å². The minimum atomic E-state index is 0.704. The maximum Gasteiger partial charge on any atom is 0.128 e. The largest absolute Gasteiger partial charge is 0.321 e. The second-order valence-corrected chi connectivity index (χ2v) is 7.83. The van der Waals surface area contributed by atoms with Crippen LogP contribution in [0.1, 0.15) is 22.8 Å². The van der Waals surface area contributed by atoms with E-state index in [1.54, 1.807) is 17.5 Å². The van der Waals surface area contributed by atoms with Gasteiger partial charge in [0, 0.05) is 31.6 Å². The third-order valence-corrected chi connectivity index (χ3v) is 5.86. The molecule has 3 heterocycles. The molecule has 0 spiro atoms. The average Bonchev–Trinajstić information content (AvgIpc) is 3.19. The first kappa shape index (κ1) is 16.9. The van der Waals surface area contributed by atoms with Gasteiger partial charge in [-0.15, -0.1) is 11.3 Å². The van der Waals surface area contributed by atoms with Gasteiger partial charge in [0.05, 0.1) is 23.9 Å². The second kappa shape index (κ2) is 7.30. The van der Waals surface area contributed by atoms with Crippen molar-refractivity contribution in [3.8, 4) is 0 Å². The SMILES string of the molecule is Cc1ncsc1CN(C)CC1CCN(Cc2ncc(Cl)n2C)C1. The standard InChI is InChI=1S/C16H24ClN5S/c1-12-14(23-11-19-12)9-20(2)7-13-4-5-22(8-13)10-16-18-6-15(17)21(16)3/h6,11,13H,4-5,7-10H2,1-3H3. The van der Waals surface area contributed by atoms with Crippen LogP contribution in [0.4, 0.5) is 0 Å². The number of thiazole rings is 1. The fourth-order valence-electron chi connectivity index (χ4n) is 3.21. The van der Waals surface area contributed by atoms with Gasteiger partial charge in [0.15, 0.2) is 0 Å². The number of halogens is 1. The molecule has 0 aromatic carbocycles.